The molecule has 0 aliphatic heterocycles. The zero-order valence-electron chi connectivity index (χ0n) is 6.31. The lowest BCUT2D eigenvalue weighted by Crippen LogP contribution is -2.31. The summed E-state index contributed by atoms with van der Waals surface area (Å²) in [6.45, 7) is 3.21. The average Bonchev–Trinajstić information content (AvgIpc) is 1.65. The van der Waals surface area contributed by atoms with E-state index in [0.29, 0.717) is 0 Å². The van der Waals surface area contributed by atoms with Gasteiger partial charge in [-0.05, 0) is 21.1 Å². The fourth-order valence-electron chi connectivity index (χ4n) is 0.583. The molecule has 0 radical (unpaired) electrons. The zero-order valence-corrected chi connectivity index (χ0v) is 6.31. The molecule has 0 fully saturated rings. The Balaban J connectivity index is 3.10. The van der Waals surface area contributed by atoms with Crippen molar-refractivity contribution in [2.75, 3.05) is 27.8 Å². The smallest absolute Gasteiger partial charge is 0.202 e. The summed E-state index contributed by atoms with van der Waals surface area (Å²) in [6, 6.07) is 0. The van der Waals surface area contributed by atoms with E-state index in [-0.39, 0.29) is 0 Å². The van der Waals surface area contributed by atoms with Gasteiger partial charge in [-0.2, -0.15) is 0 Å². The molecule has 2 nitrogen and oxygen atoms in total. The van der Waals surface area contributed by atoms with Crippen molar-refractivity contribution in [3.63, 3.8) is 0 Å². The molecule has 0 aromatic carbocycles. The molecule has 3 heteroatoms. The highest BCUT2D eigenvalue weighted by Crippen LogP contribution is 1.78. The Hall–Kier alpha value is -0.0151. The maximum atomic E-state index is 2.25. The minimum absolute atomic E-state index is 1.05. The van der Waals surface area contributed by atoms with Gasteiger partial charge in [0.15, 0.2) is 0 Å². The van der Waals surface area contributed by atoms with Crippen molar-refractivity contribution < 1.29 is 0 Å². The molecule has 0 saturated carbocycles. The standard InChI is InChI=1S/C5H15BN2/c1-6-8(4)5-7(2)3/h6H,5H2,1-4H3. The van der Waals surface area contributed by atoms with Gasteiger partial charge in [0.1, 0.15) is 0 Å². The molecule has 0 spiro atoms. The van der Waals surface area contributed by atoms with E-state index in [2.05, 4.69) is 37.7 Å². The van der Waals surface area contributed by atoms with Crippen LogP contribution in [0.2, 0.25) is 6.82 Å². The van der Waals surface area contributed by atoms with Gasteiger partial charge in [-0.15, -0.1) is 0 Å². The summed E-state index contributed by atoms with van der Waals surface area (Å²) in [5.41, 5.74) is 0. The summed E-state index contributed by atoms with van der Waals surface area (Å²) in [6.07, 6.45) is 0. The van der Waals surface area contributed by atoms with Gasteiger partial charge in [-0.25, -0.2) is 0 Å². The fourth-order valence-corrected chi connectivity index (χ4v) is 0.583. The van der Waals surface area contributed by atoms with Crippen molar-refractivity contribution in [2.24, 2.45) is 0 Å². The summed E-state index contributed by atoms with van der Waals surface area (Å²) in [7, 11) is 7.39. The van der Waals surface area contributed by atoms with Crippen molar-refractivity contribution in [1.29, 1.82) is 0 Å². The largest absolute Gasteiger partial charge is 0.337 e. The van der Waals surface area contributed by atoms with Crippen LogP contribution in [0.15, 0.2) is 0 Å². The third-order valence-electron chi connectivity index (χ3n) is 1.06. The lowest BCUT2D eigenvalue weighted by Gasteiger charge is -2.18. The number of nitrogens with zero attached hydrogens (tertiary/aromatic N) is 2. The topological polar surface area (TPSA) is 6.48 Å². The van der Waals surface area contributed by atoms with Crippen molar-refractivity contribution in [1.82, 2.24) is 9.71 Å². The van der Waals surface area contributed by atoms with Gasteiger partial charge in [0.25, 0.3) is 0 Å². The zero-order chi connectivity index (χ0) is 6.57. The molecule has 0 aromatic rings. The highest BCUT2D eigenvalue weighted by atomic mass is 15.2. The summed E-state index contributed by atoms with van der Waals surface area (Å²) in [4.78, 5) is 4.41. The first-order valence-electron chi connectivity index (χ1n) is 3.00. The van der Waals surface area contributed by atoms with Crippen LogP contribution in [0.25, 0.3) is 0 Å². The minimum atomic E-state index is 1.05. The van der Waals surface area contributed by atoms with Crippen LogP contribution in [0.5, 0.6) is 0 Å². The van der Waals surface area contributed by atoms with E-state index in [9.17, 15) is 0 Å². The van der Waals surface area contributed by atoms with Crippen LogP contribution in [0, 0.1) is 0 Å². The lowest BCUT2D eigenvalue weighted by atomic mass is 9.98. The van der Waals surface area contributed by atoms with Crippen molar-refractivity contribution >= 4 is 7.41 Å². The SMILES string of the molecule is CBN(C)CN(C)C. The molecule has 0 rings (SSSR count). The summed E-state index contributed by atoms with van der Waals surface area (Å²) in [5.74, 6) is 0. The molecule has 0 bridgehead atoms. The minimum Gasteiger partial charge on any atom is -0.337 e. The third-order valence-corrected chi connectivity index (χ3v) is 1.06. The first-order valence-corrected chi connectivity index (χ1v) is 3.00. The van der Waals surface area contributed by atoms with E-state index >= 15 is 0 Å². The Labute approximate surface area is 52.7 Å². The molecule has 0 amide bonds. The molecule has 0 atom stereocenters. The van der Waals surface area contributed by atoms with Crippen LogP contribution >= 0.6 is 0 Å². The van der Waals surface area contributed by atoms with Gasteiger partial charge in [0.2, 0.25) is 7.41 Å². The maximum absolute atomic E-state index is 2.25. The lowest BCUT2D eigenvalue weighted by molar-refractivity contribution is 0.301. The molecule has 0 saturated heterocycles. The van der Waals surface area contributed by atoms with Crippen molar-refractivity contribution in [2.45, 2.75) is 6.82 Å². The number of hydrogen-bond donors (Lipinski definition) is 0. The Morgan fingerprint density at radius 1 is 1.25 bits per heavy atom. The second-order valence-electron chi connectivity index (χ2n) is 2.39. The van der Waals surface area contributed by atoms with E-state index in [4.69, 9.17) is 0 Å². The molecule has 0 aliphatic rings. The quantitative estimate of drug-likeness (QED) is 0.371. The Bertz CT molecular complexity index is 56.4. The highest BCUT2D eigenvalue weighted by Gasteiger charge is 1.94. The molecular weight excluding hydrogens is 98.9 g/mol. The van der Waals surface area contributed by atoms with Crippen LogP contribution in [0.1, 0.15) is 0 Å². The van der Waals surface area contributed by atoms with Gasteiger partial charge in [-0.1, -0.05) is 6.82 Å². The second-order valence-corrected chi connectivity index (χ2v) is 2.39. The highest BCUT2D eigenvalue weighted by molar-refractivity contribution is 6.29. The monoisotopic (exact) mass is 114 g/mol. The first kappa shape index (κ1) is 7.98. The van der Waals surface area contributed by atoms with E-state index in [1.165, 1.54) is 0 Å². The van der Waals surface area contributed by atoms with Gasteiger partial charge >= 0.3 is 0 Å². The Kier molecular flexibility index (Phi) is 3.92. The fraction of sp³-hybridized carbons (Fsp3) is 1.00. The molecule has 0 aromatic heterocycles. The Morgan fingerprint density at radius 2 is 1.75 bits per heavy atom. The van der Waals surface area contributed by atoms with Gasteiger partial charge in [-0.3, -0.25) is 4.90 Å². The average molecular weight is 114 g/mol. The number of rotatable bonds is 3. The molecule has 48 valence electrons. The molecule has 0 aliphatic carbocycles. The predicted molar refractivity (Wildman–Crippen MR) is 39.3 cm³/mol. The van der Waals surface area contributed by atoms with E-state index < -0.39 is 0 Å². The van der Waals surface area contributed by atoms with Crippen LogP contribution in [0.3, 0.4) is 0 Å². The normalized spacial score (nSPS) is 10.8. The maximum Gasteiger partial charge on any atom is 0.202 e. The van der Waals surface area contributed by atoms with Gasteiger partial charge < -0.3 is 4.81 Å². The van der Waals surface area contributed by atoms with Gasteiger partial charge in [0.05, 0.1) is 0 Å². The summed E-state index contributed by atoms with van der Waals surface area (Å²) < 4.78 is 0. The molecular formula is C5H15BN2. The Morgan fingerprint density at radius 3 is 1.88 bits per heavy atom. The van der Waals surface area contributed by atoms with Crippen molar-refractivity contribution in [3.05, 3.63) is 0 Å². The molecule has 0 unspecified atom stereocenters. The molecule has 0 N–H and O–H groups in total. The number of hydrogen-bond acceptors (Lipinski definition) is 2. The van der Waals surface area contributed by atoms with Crippen molar-refractivity contribution in [3.8, 4) is 0 Å². The summed E-state index contributed by atoms with van der Waals surface area (Å²) in [5, 5.41) is 0. The van der Waals surface area contributed by atoms with Crippen LogP contribution in [0.4, 0.5) is 0 Å². The van der Waals surface area contributed by atoms with E-state index in [1.807, 2.05) is 0 Å². The van der Waals surface area contributed by atoms with Crippen LogP contribution in [-0.2, 0) is 0 Å². The van der Waals surface area contributed by atoms with E-state index in [1.54, 1.807) is 0 Å². The predicted octanol–water partition coefficient (Wildman–Crippen LogP) is -0.163. The molecule has 8 heavy (non-hydrogen) atoms. The summed E-state index contributed by atoms with van der Waals surface area (Å²) >= 11 is 0. The van der Waals surface area contributed by atoms with E-state index in [0.717, 1.165) is 14.1 Å². The van der Waals surface area contributed by atoms with Crippen LogP contribution < -0.4 is 0 Å². The second kappa shape index (κ2) is 3.92. The third kappa shape index (κ3) is 4.15. The molecule has 0 heterocycles. The first-order chi connectivity index (χ1) is 3.66. The van der Waals surface area contributed by atoms with Gasteiger partial charge in [0, 0.05) is 6.67 Å². The van der Waals surface area contributed by atoms with Crippen LogP contribution in [-0.4, -0.2) is 44.9 Å².